The van der Waals surface area contributed by atoms with Gasteiger partial charge in [0.15, 0.2) is 0 Å². The van der Waals surface area contributed by atoms with Gasteiger partial charge in [-0.1, -0.05) is 6.92 Å². The van der Waals surface area contributed by atoms with Crippen molar-refractivity contribution in [1.29, 1.82) is 0 Å². The van der Waals surface area contributed by atoms with Crippen LogP contribution >= 0.6 is 0 Å². The summed E-state index contributed by atoms with van der Waals surface area (Å²) in [6, 6.07) is 2.34. The summed E-state index contributed by atoms with van der Waals surface area (Å²) < 4.78 is 0. The van der Waals surface area contributed by atoms with Crippen LogP contribution in [0.25, 0.3) is 0 Å². The highest BCUT2D eigenvalue weighted by molar-refractivity contribution is 5.44. The normalized spacial score (nSPS) is 17.9. The highest BCUT2D eigenvalue weighted by atomic mass is 15.2. The molecule has 0 bridgehead atoms. The van der Waals surface area contributed by atoms with E-state index in [1.807, 2.05) is 6.92 Å². The summed E-state index contributed by atoms with van der Waals surface area (Å²) in [7, 11) is 0. The standard InChI is InChI=1S/C13H23N5/c1-3-12-16-11(14)8-13(17-12)15-9-10(2)18-6-4-5-7-18/h8,10H,3-7,9H2,1-2H3,(H3,14,15,16,17). The van der Waals surface area contributed by atoms with Gasteiger partial charge in [0.25, 0.3) is 0 Å². The van der Waals surface area contributed by atoms with E-state index in [1.165, 1.54) is 25.9 Å². The van der Waals surface area contributed by atoms with Gasteiger partial charge in [-0.05, 0) is 32.9 Å². The van der Waals surface area contributed by atoms with Gasteiger partial charge in [0.1, 0.15) is 17.5 Å². The van der Waals surface area contributed by atoms with Gasteiger partial charge in [0.2, 0.25) is 0 Å². The lowest BCUT2D eigenvalue weighted by Crippen LogP contribution is -2.35. The second-order valence-corrected chi connectivity index (χ2v) is 4.92. The molecule has 1 aliphatic rings. The number of nitrogen functional groups attached to an aromatic ring is 1. The molecule has 0 saturated carbocycles. The molecule has 1 saturated heterocycles. The lowest BCUT2D eigenvalue weighted by molar-refractivity contribution is 0.269. The van der Waals surface area contributed by atoms with Crippen LogP contribution in [0.5, 0.6) is 0 Å². The highest BCUT2D eigenvalue weighted by Gasteiger charge is 2.17. The third-order valence-electron chi connectivity index (χ3n) is 3.45. The zero-order chi connectivity index (χ0) is 13.0. The number of likely N-dealkylation sites (tertiary alicyclic amines) is 1. The van der Waals surface area contributed by atoms with Crippen LogP contribution in [0.15, 0.2) is 6.07 Å². The Morgan fingerprint density at radius 1 is 1.39 bits per heavy atom. The van der Waals surface area contributed by atoms with Crippen molar-refractivity contribution in [2.24, 2.45) is 0 Å². The van der Waals surface area contributed by atoms with Crippen molar-refractivity contribution >= 4 is 11.6 Å². The fraction of sp³-hybridized carbons (Fsp3) is 0.692. The Labute approximate surface area is 109 Å². The Bertz CT molecular complexity index is 387. The first kappa shape index (κ1) is 13.1. The van der Waals surface area contributed by atoms with Crippen molar-refractivity contribution in [1.82, 2.24) is 14.9 Å². The number of aromatic nitrogens is 2. The highest BCUT2D eigenvalue weighted by Crippen LogP contribution is 2.13. The lowest BCUT2D eigenvalue weighted by atomic mass is 10.3. The minimum Gasteiger partial charge on any atom is -0.384 e. The molecule has 0 aliphatic carbocycles. The molecule has 5 heteroatoms. The fourth-order valence-electron chi connectivity index (χ4n) is 2.33. The molecular weight excluding hydrogens is 226 g/mol. The molecule has 1 fully saturated rings. The topological polar surface area (TPSA) is 67.1 Å². The summed E-state index contributed by atoms with van der Waals surface area (Å²) in [5.74, 6) is 2.18. The van der Waals surface area contributed by atoms with Gasteiger partial charge in [0.05, 0.1) is 0 Å². The van der Waals surface area contributed by atoms with Crippen molar-refractivity contribution in [3.8, 4) is 0 Å². The Morgan fingerprint density at radius 3 is 2.78 bits per heavy atom. The molecule has 0 aromatic carbocycles. The Kier molecular flexibility index (Phi) is 4.36. The van der Waals surface area contributed by atoms with Crippen LogP contribution in [0.4, 0.5) is 11.6 Å². The first-order valence-electron chi connectivity index (χ1n) is 6.80. The van der Waals surface area contributed by atoms with Gasteiger partial charge in [0, 0.05) is 25.1 Å². The van der Waals surface area contributed by atoms with Crippen LogP contribution < -0.4 is 11.1 Å². The Morgan fingerprint density at radius 2 is 2.11 bits per heavy atom. The number of rotatable bonds is 5. The average molecular weight is 249 g/mol. The summed E-state index contributed by atoms with van der Waals surface area (Å²) in [6.45, 7) is 7.62. The van der Waals surface area contributed by atoms with Crippen LogP contribution in [0.1, 0.15) is 32.5 Å². The van der Waals surface area contributed by atoms with Crippen molar-refractivity contribution in [2.75, 3.05) is 30.7 Å². The van der Waals surface area contributed by atoms with E-state index < -0.39 is 0 Å². The third kappa shape index (κ3) is 3.32. The van der Waals surface area contributed by atoms with Gasteiger partial charge in [-0.3, -0.25) is 4.90 Å². The molecule has 1 aliphatic heterocycles. The van der Waals surface area contributed by atoms with E-state index in [0.717, 1.165) is 24.6 Å². The third-order valence-corrected chi connectivity index (χ3v) is 3.45. The molecule has 1 aromatic heterocycles. The second-order valence-electron chi connectivity index (χ2n) is 4.92. The number of hydrogen-bond donors (Lipinski definition) is 2. The first-order valence-corrected chi connectivity index (χ1v) is 6.80. The van der Waals surface area contributed by atoms with Crippen LogP contribution in [0, 0.1) is 0 Å². The predicted molar refractivity (Wildman–Crippen MR) is 74.6 cm³/mol. The smallest absolute Gasteiger partial charge is 0.132 e. The number of nitrogens with one attached hydrogen (secondary N) is 1. The van der Waals surface area contributed by atoms with E-state index in [0.29, 0.717) is 11.9 Å². The minimum atomic E-state index is 0.536. The van der Waals surface area contributed by atoms with Crippen LogP contribution in [0.2, 0.25) is 0 Å². The number of aryl methyl sites for hydroxylation is 1. The first-order chi connectivity index (χ1) is 8.69. The van der Waals surface area contributed by atoms with E-state index in [9.17, 15) is 0 Å². The molecule has 2 rings (SSSR count). The predicted octanol–water partition coefficient (Wildman–Crippen LogP) is 1.52. The van der Waals surface area contributed by atoms with Gasteiger partial charge < -0.3 is 11.1 Å². The van der Waals surface area contributed by atoms with E-state index in [-0.39, 0.29) is 0 Å². The molecule has 2 heterocycles. The summed E-state index contributed by atoms with van der Waals surface area (Å²) >= 11 is 0. The largest absolute Gasteiger partial charge is 0.384 e. The molecule has 0 spiro atoms. The van der Waals surface area contributed by atoms with Crippen LogP contribution in [-0.2, 0) is 6.42 Å². The summed E-state index contributed by atoms with van der Waals surface area (Å²) in [4.78, 5) is 11.1. The van der Waals surface area contributed by atoms with Crippen molar-refractivity contribution in [3.05, 3.63) is 11.9 Å². The maximum atomic E-state index is 5.76. The van der Waals surface area contributed by atoms with Crippen LogP contribution in [-0.4, -0.2) is 40.5 Å². The minimum absolute atomic E-state index is 0.536. The number of hydrogen-bond acceptors (Lipinski definition) is 5. The number of anilines is 2. The van der Waals surface area contributed by atoms with Gasteiger partial charge in [-0.25, -0.2) is 9.97 Å². The monoisotopic (exact) mass is 249 g/mol. The molecular formula is C13H23N5. The zero-order valence-corrected chi connectivity index (χ0v) is 11.3. The lowest BCUT2D eigenvalue weighted by Gasteiger charge is -2.24. The quantitative estimate of drug-likeness (QED) is 0.828. The fourth-order valence-corrected chi connectivity index (χ4v) is 2.33. The number of nitrogens with two attached hydrogens (primary N) is 1. The summed E-state index contributed by atoms with van der Waals surface area (Å²) in [5.41, 5.74) is 5.76. The molecule has 0 radical (unpaired) electrons. The van der Waals surface area contributed by atoms with E-state index >= 15 is 0 Å². The molecule has 1 atom stereocenters. The molecule has 18 heavy (non-hydrogen) atoms. The van der Waals surface area contributed by atoms with E-state index in [4.69, 9.17) is 5.73 Å². The Hall–Kier alpha value is -1.36. The SMILES string of the molecule is CCc1nc(N)cc(NCC(C)N2CCCC2)n1. The summed E-state index contributed by atoms with van der Waals surface area (Å²) in [5, 5.41) is 3.36. The average Bonchev–Trinajstić information content (AvgIpc) is 2.89. The van der Waals surface area contributed by atoms with Gasteiger partial charge in [-0.15, -0.1) is 0 Å². The van der Waals surface area contributed by atoms with E-state index in [2.05, 4.69) is 27.1 Å². The van der Waals surface area contributed by atoms with Gasteiger partial charge in [-0.2, -0.15) is 0 Å². The molecule has 1 unspecified atom stereocenters. The molecule has 3 N–H and O–H groups in total. The zero-order valence-electron chi connectivity index (χ0n) is 11.3. The van der Waals surface area contributed by atoms with Crippen LogP contribution in [0.3, 0.4) is 0 Å². The van der Waals surface area contributed by atoms with E-state index in [1.54, 1.807) is 6.07 Å². The maximum absolute atomic E-state index is 5.76. The molecule has 0 amide bonds. The Balaban J connectivity index is 1.90. The van der Waals surface area contributed by atoms with Crippen molar-refractivity contribution < 1.29 is 0 Å². The molecule has 1 aromatic rings. The van der Waals surface area contributed by atoms with Gasteiger partial charge >= 0.3 is 0 Å². The number of nitrogens with zero attached hydrogens (tertiary/aromatic N) is 3. The molecule has 100 valence electrons. The second kappa shape index (κ2) is 6.00. The molecule has 5 nitrogen and oxygen atoms in total. The van der Waals surface area contributed by atoms with Crippen molar-refractivity contribution in [2.45, 2.75) is 39.2 Å². The summed E-state index contributed by atoms with van der Waals surface area (Å²) in [6.07, 6.45) is 3.46. The maximum Gasteiger partial charge on any atom is 0.132 e. The van der Waals surface area contributed by atoms with Crippen molar-refractivity contribution in [3.63, 3.8) is 0 Å².